The van der Waals surface area contributed by atoms with E-state index in [0.29, 0.717) is 18.0 Å². The largest absolute Gasteiger partial charge is 0.480 e. The van der Waals surface area contributed by atoms with Crippen molar-refractivity contribution < 1.29 is 9.90 Å². The van der Waals surface area contributed by atoms with Crippen molar-refractivity contribution in [1.82, 2.24) is 9.40 Å². The van der Waals surface area contributed by atoms with Gasteiger partial charge in [0.2, 0.25) is 0 Å². The molecule has 124 valence electrons. The zero-order valence-corrected chi connectivity index (χ0v) is 14.3. The molecule has 0 unspecified atom stereocenters. The van der Waals surface area contributed by atoms with Crippen LogP contribution in [0.5, 0.6) is 0 Å². The SMILES string of the molecule is O=C(O)[C@H](Cc1cn(Cc2ccc(Cl)cc2)c2ccccc12)NCl. The Hall–Kier alpha value is -2.01. The molecule has 2 N–H and O–H groups in total. The van der Waals surface area contributed by atoms with Crippen molar-refractivity contribution in [3.8, 4) is 0 Å². The molecule has 0 aliphatic rings. The summed E-state index contributed by atoms with van der Waals surface area (Å²) in [6.07, 6.45) is 2.30. The Labute approximate surface area is 149 Å². The fourth-order valence-corrected chi connectivity index (χ4v) is 3.09. The highest BCUT2D eigenvalue weighted by Crippen LogP contribution is 2.24. The summed E-state index contributed by atoms with van der Waals surface area (Å²) in [5.41, 5.74) is 3.12. The molecule has 1 aromatic heterocycles. The van der Waals surface area contributed by atoms with Crippen LogP contribution in [0.15, 0.2) is 54.7 Å². The molecule has 24 heavy (non-hydrogen) atoms. The normalized spacial score (nSPS) is 12.4. The van der Waals surface area contributed by atoms with E-state index in [4.69, 9.17) is 23.4 Å². The van der Waals surface area contributed by atoms with Gasteiger partial charge in [0.25, 0.3) is 0 Å². The molecule has 0 radical (unpaired) electrons. The van der Waals surface area contributed by atoms with Gasteiger partial charge in [0.05, 0.1) is 0 Å². The lowest BCUT2D eigenvalue weighted by Crippen LogP contribution is -2.32. The summed E-state index contributed by atoms with van der Waals surface area (Å²) < 4.78 is 2.11. The molecule has 0 aliphatic heterocycles. The minimum Gasteiger partial charge on any atom is -0.480 e. The number of carboxylic acids is 1. The third-order valence-electron chi connectivity index (χ3n) is 3.99. The van der Waals surface area contributed by atoms with E-state index in [-0.39, 0.29) is 0 Å². The minimum atomic E-state index is -0.973. The Morgan fingerprint density at radius 1 is 1.17 bits per heavy atom. The fourth-order valence-electron chi connectivity index (χ4n) is 2.80. The quantitative estimate of drug-likeness (QED) is 0.649. The topological polar surface area (TPSA) is 54.3 Å². The van der Waals surface area contributed by atoms with E-state index in [9.17, 15) is 9.90 Å². The highest BCUT2D eigenvalue weighted by atomic mass is 35.5. The molecule has 0 spiro atoms. The number of carbonyl (C=O) groups is 1. The standard InChI is InChI=1S/C18H16Cl2N2O2/c19-14-7-5-12(6-8-14)10-22-11-13(9-16(21-20)18(23)24)15-3-1-2-4-17(15)22/h1-8,11,16,21H,9-10H2,(H,23,24)/t16-/m0/s1. The number of carboxylic acid groups (broad SMARTS) is 1. The number of hydrogen-bond donors (Lipinski definition) is 2. The minimum absolute atomic E-state index is 0.312. The van der Waals surface area contributed by atoms with Gasteiger partial charge in [-0.05, 0) is 41.1 Å². The second kappa shape index (κ2) is 7.26. The van der Waals surface area contributed by atoms with E-state index >= 15 is 0 Å². The zero-order chi connectivity index (χ0) is 17.1. The molecular formula is C18H16Cl2N2O2. The number of benzene rings is 2. The van der Waals surface area contributed by atoms with Crippen LogP contribution in [0.25, 0.3) is 10.9 Å². The van der Waals surface area contributed by atoms with Crippen molar-refractivity contribution in [3.63, 3.8) is 0 Å². The van der Waals surface area contributed by atoms with Gasteiger partial charge >= 0.3 is 5.97 Å². The van der Waals surface area contributed by atoms with Gasteiger partial charge in [-0.2, -0.15) is 0 Å². The maximum atomic E-state index is 11.2. The maximum Gasteiger partial charge on any atom is 0.322 e. The number of para-hydroxylation sites is 1. The molecule has 1 heterocycles. The predicted octanol–water partition coefficient (Wildman–Crippen LogP) is 4.08. The molecule has 0 saturated heterocycles. The van der Waals surface area contributed by atoms with E-state index in [1.807, 2.05) is 54.7 Å². The van der Waals surface area contributed by atoms with Crippen LogP contribution in [0.2, 0.25) is 5.02 Å². The highest BCUT2D eigenvalue weighted by Gasteiger charge is 2.19. The monoisotopic (exact) mass is 362 g/mol. The smallest absolute Gasteiger partial charge is 0.322 e. The maximum absolute atomic E-state index is 11.2. The molecule has 3 aromatic rings. The van der Waals surface area contributed by atoms with Crippen LogP contribution in [0.1, 0.15) is 11.1 Å². The van der Waals surface area contributed by atoms with E-state index in [1.165, 1.54) is 0 Å². The second-order valence-electron chi connectivity index (χ2n) is 5.63. The number of rotatable bonds is 6. The Morgan fingerprint density at radius 2 is 1.88 bits per heavy atom. The van der Waals surface area contributed by atoms with E-state index < -0.39 is 12.0 Å². The molecular weight excluding hydrogens is 347 g/mol. The van der Waals surface area contributed by atoms with Crippen molar-refractivity contribution in [2.45, 2.75) is 19.0 Å². The van der Waals surface area contributed by atoms with Gasteiger partial charge in [0.1, 0.15) is 6.04 Å². The number of halogens is 2. The molecule has 6 heteroatoms. The van der Waals surface area contributed by atoms with Crippen LogP contribution >= 0.6 is 23.4 Å². The summed E-state index contributed by atoms with van der Waals surface area (Å²) in [5.74, 6) is -0.973. The second-order valence-corrected chi connectivity index (χ2v) is 6.28. The predicted molar refractivity (Wildman–Crippen MR) is 96.6 cm³/mol. The molecule has 4 nitrogen and oxygen atoms in total. The number of nitrogens with zero attached hydrogens (tertiary/aromatic N) is 1. The van der Waals surface area contributed by atoms with Gasteiger partial charge in [-0.25, -0.2) is 4.84 Å². The lowest BCUT2D eigenvalue weighted by molar-refractivity contribution is -0.138. The average molecular weight is 363 g/mol. The third kappa shape index (κ3) is 3.56. The number of nitrogens with one attached hydrogen (secondary N) is 1. The Balaban J connectivity index is 1.96. The summed E-state index contributed by atoms with van der Waals surface area (Å²) in [5, 5.41) is 10.9. The number of aromatic nitrogens is 1. The Bertz CT molecular complexity index is 859. The van der Waals surface area contributed by atoms with Crippen LogP contribution in [0, 0.1) is 0 Å². The number of hydrogen-bond acceptors (Lipinski definition) is 2. The average Bonchev–Trinajstić information content (AvgIpc) is 2.92. The van der Waals surface area contributed by atoms with Crippen molar-refractivity contribution in [3.05, 3.63) is 70.9 Å². The first-order valence-electron chi connectivity index (χ1n) is 7.48. The van der Waals surface area contributed by atoms with Crippen molar-refractivity contribution >= 4 is 40.2 Å². The van der Waals surface area contributed by atoms with Gasteiger partial charge in [-0.1, -0.05) is 41.9 Å². The third-order valence-corrected chi connectivity index (χ3v) is 4.51. The van der Waals surface area contributed by atoms with Crippen LogP contribution in [-0.4, -0.2) is 21.7 Å². The summed E-state index contributed by atoms with van der Waals surface area (Å²) in [6.45, 7) is 0.684. The van der Waals surface area contributed by atoms with Crippen molar-refractivity contribution in [2.24, 2.45) is 0 Å². The Kier molecular flexibility index (Phi) is 5.09. The molecule has 0 amide bonds. The molecule has 0 saturated carbocycles. The van der Waals surface area contributed by atoms with Crippen molar-refractivity contribution in [2.75, 3.05) is 0 Å². The fraction of sp³-hybridized carbons (Fsp3) is 0.167. The summed E-state index contributed by atoms with van der Waals surface area (Å²) in [6, 6.07) is 14.8. The van der Waals surface area contributed by atoms with E-state index in [2.05, 4.69) is 9.40 Å². The van der Waals surface area contributed by atoms with Crippen LogP contribution < -0.4 is 4.84 Å². The highest BCUT2D eigenvalue weighted by molar-refractivity contribution is 6.30. The first kappa shape index (κ1) is 16.8. The van der Waals surface area contributed by atoms with Crippen molar-refractivity contribution in [1.29, 1.82) is 0 Å². The summed E-state index contributed by atoms with van der Waals surface area (Å²) in [4.78, 5) is 13.6. The zero-order valence-electron chi connectivity index (χ0n) is 12.7. The van der Waals surface area contributed by atoms with Gasteiger partial charge < -0.3 is 9.67 Å². The van der Waals surface area contributed by atoms with Crippen LogP contribution in [0.3, 0.4) is 0 Å². The van der Waals surface area contributed by atoms with Gasteiger partial charge in [-0.3, -0.25) is 4.79 Å². The van der Waals surface area contributed by atoms with Crippen LogP contribution in [0.4, 0.5) is 0 Å². The van der Waals surface area contributed by atoms with Gasteiger partial charge in [-0.15, -0.1) is 0 Å². The van der Waals surface area contributed by atoms with E-state index in [1.54, 1.807) is 0 Å². The Morgan fingerprint density at radius 3 is 2.54 bits per heavy atom. The molecule has 2 aromatic carbocycles. The van der Waals surface area contributed by atoms with E-state index in [0.717, 1.165) is 22.0 Å². The molecule has 1 atom stereocenters. The van der Waals surface area contributed by atoms with Crippen LogP contribution in [-0.2, 0) is 17.8 Å². The first-order valence-corrected chi connectivity index (χ1v) is 8.24. The molecule has 0 aliphatic carbocycles. The number of fused-ring (bicyclic) bond motifs is 1. The number of aliphatic carboxylic acids is 1. The lowest BCUT2D eigenvalue weighted by atomic mass is 10.1. The lowest BCUT2D eigenvalue weighted by Gasteiger charge is -2.08. The molecule has 0 bridgehead atoms. The summed E-state index contributed by atoms with van der Waals surface area (Å²) in [7, 11) is 0. The molecule has 0 fully saturated rings. The van der Waals surface area contributed by atoms with Gasteiger partial charge in [0.15, 0.2) is 0 Å². The first-order chi connectivity index (χ1) is 11.6. The summed E-state index contributed by atoms with van der Waals surface area (Å²) >= 11 is 11.5. The van der Waals surface area contributed by atoms with Gasteiger partial charge in [0, 0.05) is 35.1 Å². The molecule has 3 rings (SSSR count).